The van der Waals surface area contributed by atoms with E-state index in [0.29, 0.717) is 32.2 Å². The zero-order valence-electron chi connectivity index (χ0n) is 18.1. The van der Waals surface area contributed by atoms with Crippen molar-refractivity contribution >= 4 is 17.9 Å². The number of amides is 2. The van der Waals surface area contributed by atoms with E-state index in [4.69, 9.17) is 9.84 Å². The number of aromatic nitrogens is 2. The number of halogens is 3. The summed E-state index contributed by atoms with van der Waals surface area (Å²) in [4.78, 5) is 48.8. The van der Waals surface area contributed by atoms with Crippen molar-refractivity contribution in [2.24, 2.45) is 0 Å². The molecule has 2 heterocycles. The first-order valence-corrected chi connectivity index (χ1v) is 10.6. The van der Waals surface area contributed by atoms with Crippen molar-refractivity contribution in [2.45, 2.75) is 56.7 Å². The Morgan fingerprint density at radius 2 is 1.82 bits per heavy atom. The lowest BCUT2D eigenvalue weighted by Crippen LogP contribution is -2.37. The number of rotatable bonds is 11. The summed E-state index contributed by atoms with van der Waals surface area (Å²) in [6.07, 6.45) is -1.95. The summed E-state index contributed by atoms with van der Waals surface area (Å²) in [6, 6.07) is 0. The summed E-state index contributed by atoms with van der Waals surface area (Å²) >= 11 is 0. The number of ether oxygens (including phenoxy) is 1. The van der Waals surface area contributed by atoms with Gasteiger partial charge < -0.3 is 25.6 Å². The highest BCUT2D eigenvalue weighted by atomic mass is 19.4. The van der Waals surface area contributed by atoms with Gasteiger partial charge in [-0.05, 0) is 18.9 Å². The highest BCUT2D eigenvalue weighted by molar-refractivity contribution is 5.91. The van der Waals surface area contributed by atoms with Crippen LogP contribution in [-0.2, 0) is 14.3 Å². The van der Waals surface area contributed by atoms with Gasteiger partial charge in [0.15, 0.2) is 0 Å². The first kappa shape index (κ1) is 27.3. The van der Waals surface area contributed by atoms with Crippen molar-refractivity contribution in [3.63, 3.8) is 0 Å². The van der Waals surface area contributed by atoms with Crippen LogP contribution in [0.15, 0.2) is 21.9 Å². The molecule has 0 aromatic carbocycles. The van der Waals surface area contributed by atoms with Gasteiger partial charge in [0.25, 0.3) is 5.56 Å². The average Bonchev–Trinajstić information content (AvgIpc) is 3.14. The van der Waals surface area contributed by atoms with Crippen LogP contribution in [0.25, 0.3) is 6.08 Å². The molecule has 0 aliphatic carbocycles. The predicted octanol–water partition coefficient (Wildman–Crippen LogP) is -0.454. The van der Waals surface area contributed by atoms with Crippen molar-refractivity contribution in [3.8, 4) is 0 Å². The van der Waals surface area contributed by atoms with Gasteiger partial charge in [-0.3, -0.25) is 23.9 Å². The molecule has 0 bridgehead atoms. The van der Waals surface area contributed by atoms with E-state index in [1.807, 2.05) is 0 Å². The van der Waals surface area contributed by atoms with Crippen LogP contribution in [0.4, 0.5) is 13.2 Å². The van der Waals surface area contributed by atoms with E-state index in [2.05, 4.69) is 10.3 Å². The molecule has 190 valence electrons. The lowest BCUT2D eigenvalue weighted by molar-refractivity contribution is -0.173. The van der Waals surface area contributed by atoms with Gasteiger partial charge in [0.2, 0.25) is 5.91 Å². The molecule has 1 aliphatic heterocycles. The average molecular weight is 492 g/mol. The molecular formula is C20H27F3N4O7. The highest BCUT2D eigenvalue weighted by Gasteiger charge is 2.38. The second-order valence-electron chi connectivity index (χ2n) is 7.66. The second-order valence-corrected chi connectivity index (χ2v) is 7.66. The van der Waals surface area contributed by atoms with Gasteiger partial charge in [0, 0.05) is 31.8 Å². The third kappa shape index (κ3) is 8.11. The Hall–Kier alpha value is -2.97. The van der Waals surface area contributed by atoms with Crippen molar-refractivity contribution in [3.05, 3.63) is 38.7 Å². The van der Waals surface area contributed by atoms with Gasteiger partial charge >= 0.3 is 17.8 Å². The number of alkyl halides is 3. The Bertz CT molecular complexity index is 990. The molecule has 1 aromatic heterocycles. The van der Waals surface area contributed by atoms with Crippen LogP contribution in [0.1, 0.15) is 43.9 Å². The van der Waals surface area contributed by atoms with Crippen molar-refractivity contribution in [1.82, 2.24) is 20.2 Å². The fourth-order valence-electron chi connectivity index (χ4n) is 3.23. The molecule has 34 heavy (non-hydrogen) atoms. The van der Waals surface area contributed by atoms with Gasteiger partial charge in [-0.2, -0.15) is 13.2 Å². The van der Waals surface area contributed by atoms with Crippen molar-refractivity contribution in [1.29, 1.82) is 0 Å². The number of nitrogens with zero attached hydrogens (tertiary/aromatic N) is 1. The minimum Gasteiger partial charge on any atom is -0.394 e. The Morgan fingerprint density at radius 3 is 2.41 bits per heavy atom. The van der Waals surface area contributed by atoms with Gasteiger partial charge in [-0.15, -0.1) is 0 Å². The number of H-pyrrole nitrogens is 1. The zero-order valence-corrected chi connectivity index (χ0v) is 18.1. The van der Waals surface area contributed by atoms with Gasteiger partial charge in [0.05, 0.1) is 18.3 Å². The van der Waals surface area contributed by atoms with Gasteiger partial charge in [-0.1, -0.05) is 12.8 Å². The van der Waals surface area contributed by atoms with Crippen molar-refractivity contribution < 1.29 is 37.7 Å². The number of hydrogen-bond donors (Lipinski definition) is 5. The number of unbranched alkanes of at least 4 members (excludes halogenated alkanes) is 3. The van der Waals surface area contributed by atoms with Crippen LogP contribution in [0.5, 0.6) is 0 Å². The Labute approximate surface area is 191 Å². The van der Waals surface area contributed by atoms with Crippen LogP contribution >= 0.6 is 0 Å². The topological polar surface area (TPSA) is 163 Å². The highest BCUT2D eigenvalue weighted by Crippen LogP contribution is 2.27. The summed E-state index contributed by atoms with van der Waals surface area (Å²) in [5, 5.41) is 23.4. The smallest absolute Gasteiger partial charge is 0.394 e. The van der Waals surface area contributed by atoms with Crippen molar-refractivity contribution in [2.75, 3.05) is 19.7 Å². The molecule has 1 fully saturated rings. The van der Waals surface area contributed by atoms with Gasteiger partial charge in [0.1, 0.15) is 12.3 Å². The summed E-state index contributed by atoms with van der Waals surface area (Å²) in [6.45, 7) is -0.225. The summed E-state index contributed by atoms with van der Waals surface area (Å²) < 4.78 is 42.6. The minimum absolute atomic E-state index is 0.00110. The molecule has 1 saturated heterocycles. The molecule has 11 nitrogen and oxygen atoms in total. The number of carbonyl (C=O) groups excluding carboxylic acids is 2. The molecule has 5 N–H and O–H groups in total. The Morgan fingerprint density at radius 1 is 1.18 bits per heavy atom. The molecule has 0 radical (unpaired) electrons. The predicted molar refractivity (Wildman–Crippen MR) is 113 cm³/mol. The van der Waals surface area contributed by atoms with Crippen LogP contribution < -0.4 is 21.9 Å². The second kappa shape index (κ2) is 12.5. The molecular weight excluding hydrogens is 465 g/mol. The molecule has 0 spiro atoms. The largest absolute Gasteiger partial charge is 0.471 e. The third-order valence-electron chi connectivity index (χ3n) is 5.05. The molecule has 0 saturated carbocycles. The van der Waals surface area contributed by atoms with E-state index in [0.717, 1.165) is 10.6 Å². The van der Waals surface area contributed by atoms with E-state index in [9.17, 15) is 37.5 Å². The van der Waals surface area contributed by atoms with Crippen LogP contribution in [0.3, 0.4) is 0 Å². The third-order valence-corrected chi connectivity index (χ3v) is 5.05. The summed E-state index contributed by atoms with van der Waals surface area (Å²) in [7, 11) is 0. The van der Waals surface area contributed by atoms with Gasteiger partial charge in [-0.25, -0.2) is 4.79 Å². The first-order valence-electron chi connectivity index (χ1n) is 10.6. The SMILES string of the molecule is O=C(C=Cc1cn([C@H]2C[C@H](O)[C@@H](CO)O2)c(=O)[nH]c1=O)NCCCCCCNC(=O)C(F)(F)F. The Balaban J connectivity index is 1.76. The molecule has 3 atom stereocenters. The quantitative estimate of drug-likeness (QED) is 0.206. The number of hydrogen-bond acceptors (Lipinski definition) is 7. The zero-order chi connectivity index (χ0) is 25.3. The van der Waals surface area contributed by atoms with Crippen LogP contribution in [0.2, 0.25) is 0 Å². The van der Waals surface area contributed by atoms with Crippen LogP contribution in [-0.4, -0.2) is 69.7 Å². The van der Waals surface area contributed by atoms with E-state index in [1.165, 1.54) is 12.3 Å². The van der Waals surface area contributed by atoms with E-state index in [-0.39, 0.29) is 18.5 Å². The maximum Gasteiger partial charge on any atom is 0.471 e. The Kier molecular flexibility index (Phi) is 10.0. The number of aromatic amines is 1. The number of nitrogens with one attached hydrogen (secondary N) is 3. The fourth-order valence-corrected chi connectivity index (χ4v) is 3.23. The fraction of sp³-hybridized carbons (Fsp3) is 0.600. The first-order chi connectivity index (χ1) is 16.0. The molecule has 1 aliphatic rings. The molecule has 2 rings (SSSR count). The monoisotopic (exact) mass is 492 g/mol. The number of aliphatic hydroxyl groups excluding tert-OH is 2. The molecule has 0 unspecified atom stereocenters. The lowest BCUT2D eigenvalue weighted by Gasteiger charge is -2.14. The normalized spacial score (nSPS) is 20.6. The molecule has 2 amide bonds. The maximum atomic E-state index is 12.1. The summed E-state index contributed by atoms with van der Waals surface area (Å²) in [5.41, 5.74) is -1.48. The maximum absolute atomic E-state index is 12.1. The van der Waals surface area contributed by atoms with E-state index >= 15 is 0 Å². The standard InChI is InChI=1S/C20H27F3N4O7/c21-20(22,23)18(32)25-8-4-2-1-3-7-24-15(30)6-5-12-10-27(19(33)26-17(12)31)16-9-13(29)14(11-28)34-16/h5-6,10,13-14,16,28-29H,1-4,7-9,11H2,(H,24,30)(H,25,32)(H,26,31,33)/t13-,14+,16+/m0/s1. The minimum atomic E-state index is -4.89. The molecule has 1 aromatic rings. The lowest BCUT2D eigenvalue weighted by atomic mass is 10.2. The van der Waals surface area contributed by atoms with E-state index < -0.39 is 54.3 Å². The molecule has 14 heteroatoms. The number of carbonyl (C=O) groups is 2. The number of aliphatic hydroxyl groups is 2. The van der Waals surface area contributed by atoms with Crippen LogP contribution in [0, 0.1) is 0 Å². The van der Waals surface area contributed by atoms with E-state index in [1.54, 1.807) is 5.32 Å². The summed E-state index contributed by atoms with van der Waals surface area (Å²) in [5.74, 6) is -2.47.